The second-order valence-electron chi connectivity index (χ2n) is 4.86. The van der Waals surface area contributed by atoms with Crippen molar-refractivity contribution in [2.45, 2.75) is 6.92 Å². The molecule has 1 aromatic carbocycles. The number of benzene rings is 1. The fourth-order valence-corrected chi connectivity index (χ4v) is 2.54. The van der Waals surface area contributed by atoms with Crippen molar-refractivity contribution in [1.29, 1.82) is 0 Å². The van der Waals surface area contributed by atoms with E-state index >= 15 is 0 Å². The number of carbonyl (C=O) groups excluding carboxylic acids is 1. The lowest BCUT2D eigenvalue weighted by Crippen LogP contribution is -2.30. The lowest BCUT2D eigenvalue weighted by Gasteiger charge is -2.16. The van der Waals surface area contributed by atoms with Crippen molar-refractivity contribution in [2.24, 2.45) is 7.05 Å². The third kappa shape index (κ3) is 2.45. The molecule has 0 aliphatic carbocycles. The topological polar surface area (TPSA) is 50.2 Å². The molecule has 1 amide bonds. The molecule has 1 fully saturated rings. The Balaban J connectivity index is 1.96. The van der Waals surface area contributed by atoms with Crippen LogP contribution in [0.15, 0.2) is 42.4 Å². The predicted octanol–water partition coefficient (Wildman–Crippen LogP) is 1.99. The SMILES string of the molecule is Cc1ccccc1N1C(=O)/C(=C/c2cnn(C)c2)NC1=S. The summed E-state index contributed by atoms with van der Waals surface area (Å²) in [6.45, 7) is 1.95. The molecule has 1 aromatic heterocycles. The maximum Gasteiger partial charge on any atom is 0.281 e. The van der Waals surface area contributed by atoms with Gasteiger partial charge >= 0.3 is 0 Å². The number of aromatic nitrogens is 2. The van der Waals surface area contributed by atoms with Crippen molar-refractivity contribution in [3.05, 3.63) is 53.5 Å². The number of aryl methyl sites for hydroxylation is 2. The third-order valence-electron chi connectivity index (χ3n) is 3.27. The minimum atomic E-state index is -0.154. The Morgan fingerprint density at radius 1 is 1.33 bits per heavy atom. The van der Waals surface area contributed by atoms with Crippen molar-refractivity contribution in [1.82, 2.24) is 15.1 Å². The highest BCUT2D eigenvalue weighted by Crippen LogP contribution is 2.25. The van der Waals surface area contributed by atoms with Crippen LogP contribution < -0.4 is 10.2 Å². The molecule has 6 heteroatoms. The van der Waals surface area contributed by atoms with Crippen LogP contribution >= 0.6 is 12.2 Å². The van der Waals surface area contributed by atoms with E-state index in [0.717, 1.165) is 16.8 Å². The first-order chi connectivity index (χ1) is 10.1. The van der Waals surface area contributed by atoms with Crippen molar-refractivity contribution in [3.63, 3.8) is 0 Å². The number of rotatable bonds is 2. The van der Waals surface area contributed by atoms with Gasteiger partial charge in [0.2, 0.25) is 0 Å². The van der Waals surface area contributed by atoms with Crippen molar-refractivity contribution in [3.8, 4) is 0 Å². The summed E-state index contributed by atoms with van der Waals surface area (Å²) in [6, 6.07) is 7.66. The number of hydrogen-bond donors (Lipinski definition) is 1. The molecule has 106 valence electrons. The van der Waals surface area contributed by atoms with Crippen molar-refractivity contribution < 1.29 is 4.79 Å². The second-order valence-corrected chi connectivity index (χ2v) is 5.25. The number of thiocarbonyl (C=S) groups is 1. The molecular weight excluding hydrogens is 284 g/mol. The number of hydrogen-bond acceptors (Lipinski definition) is 3. The van der Waals surface area contributed by atoms with E-state index in [9.17, 15) is 4.79 Å². The number of carbonyl (C=O) groups is 1. The number of para-hydroxylation sites is 1. The number of anilines is 1. The highest BCUT2D eigenvalue weighted by molar-refractivity contribution is 7.80. The molecule has 1 aliphatic rings. The third-order valence-corrected chi connectivity index (χ3v) is 3.56. The lowest BCUT2D eigenvalue weighted by molar-refractivity contribution is -0.113. The molecule has 1 saturated heterocycles. The molecule has 0 unspecified atom stereocenters. The standard InChI is InChI=1S/C15H14N4OS/c1-10-5-3-4-6-13(10)19-14(20)12(17-15(19)21)7-11-8-16-18(2)9-11/h3-9H,1-2H3,(H,17,21)/b12-7-. The zero-order valence-electron chi connectivity index (χ0n) is 11.7. The monoisotopic (exact) mass is 298 g/mol. The minimum Gasteiger partial charge on any atom is -0.327 e. The molecule has 0 atom stereocenters. The normalized spacial score (nSPS) is 16.7. The predicted molar refractivity (Wildman–Crippen MR) is 85.6 cm³/mol. The molecule has 0 radical (unpaired) electrons. The first-order valence-electron chi connectivity index (χ1n) is 6.47. The van der Waals surface area contributed by atoms with Gasteiger partial charge in [0.05, 0.1) is 11.9 Å². The van der Waals surface area contributed by atoms with Gasteiger partial charge in [0.1, 0.15) is 5.70 Å². The zero-order chi connectivity index (χ0) is 15.0. The summed E-state index contributed by atoms with van der Waals surface area (Å²) in [5.74, 6) is -0.154. The number of nitrogens with one attached hydrogen (secondary N) is 1. The van der Waals surface area contributed by atoms with Gasteiger partial charge in [-0.05, 0) is 36.8 Å². The van der Waals surface area contributed by atoms with Crippen molar-refractivity contribution >= 4 is 35.0 Å². The summed E-state index contributed by atoms with van der Waals surface area (Å²) in [5.41, 5.74) is 3.10. The molecule has 2 aromatic rings. The van der Waals surface area contributed by atoms with E-state index in [1.165, 1.54) is 4.90 Å². The number of amides is 1. The average Bonchev–Trinajstić information content (AvgIpc) is 2.96. The van der Waals surface area contributed by atoms with Crippen LogP contribution in [0, 0.1) is 6.92 Å². The first kappa shape index (κ1) is 13.5. The van der Waals surface area contributed by atoms with Crippen molar-refractivity contribution in [2.75, 3.05) is 4.90 Å². The van der Waals surface area contributed by atoms with E-state index in [4.69, 9.17) is 12.2 Å². The summed E-state index contributed by atoms with van der Waals surface area (Å²) in [6.07, 6.45) is 5.28. The largest absolute Gasteiger partial charge is 0.327 e. The molecule has 2 heterocycles. The van der Waals surface area contributed by atoms with E-state index in [1.807, 2.05) is 44.4 Å². The maximum absolute atomic E-state index is 12.6. The molecular formula is C15H14N4OS. The molecule has 0 bridgehead atoms. The van der Waals surface area contributed by atoms with Crippen LogP contribution in [-0.4, -0.2) is 20.8 Å². The van der Waals surface area contributed by atoms with Gasteiger partial charge in [0, 0.05) is 18.8 Å². The zero-order valence-corrected chi connectivity index (χ0v) is 12.5. The van der Waals surface area contributed by atoms with Gasteiger partial charge in [0.15, 0.2) is 5.11 Å². The fraction of sp³-hybridized carbons (Fsp3) is 0.133. The van der Waals surface area contributed by atoms with Crippen LogP contribution in [0.5, 0.6) is 0 Å². The Bertz CT molecular complexity index is 763. The van der Waals surface area contributed by atoms with E-state index in [0.29, 0.717) is 10.8 Å². The van der Waals surface area contributed by atoms with Crippen LogP contribution in [0.25, 0.3) is 6.08 Å². The maximum atomic E-state index is 12.6. The molecule has 3 rings (SSSR count). The molecule has 1 aliphatic heterocycles. The minimum absolute atomic E-state index is 0.154. The first-order valence-corrected chi connectivity index (χ1v) is 6.88. The smallest absolute Gasteiger partial charge is 0.281 e. The fourth-order valence-electron chi connectivity index (χ4n) is 2.25. The van der Waals surface area contributed by atoms with Gasteiger partial charge in [-0.25, -0.2) is 0 Å². The Labute approximate surface area is 127 Å². The molecule has 0 saturated carbocycles. The van der Waals surface area contributed by atoms with E-state index in [2.05, 4.69) is 10.4 Å². The van der Waals surface area contributed by atoms with Crippen LogP contribution in [0.1, 0.15) is 11.1 Å². The Morgan fingerprint density at radius 2 is 2.10 bits per heavy atom. The molecule has 5 nitrogen and oxygen atoms in total. The summed E-state index contributed by atoms with van der Waals surface area (Å²) in [5, 5.41) is 7.44. The van der Waals surface area contributed by atoms with Crippen LogP contribution in [0.4, 0.5) is 5.69 Å². The average molecular weight is 298 g/mol. The number of nitrogens with zero attached hydrogens (tertiary/aromatic N) is 3. The van der Waals surface area contributed by atoms with Crippen LogP contribution in [0.3, 0.4) is 0 Å². The van der Waals surface area contributed by atoms with Crippen LogP contribution in [-0.2, 0) is 11.8 Å². The van der Waals surface area contributed by atoms with Crippen LogP contribution in [0.2, 0.25) is 0 Å². The van der Waals surface area contributed by atoms with Gasteiger partial charge in [-0.1, -0.05) is 18.2 Å². The van der Waals surface area contributed by atoms with Gasteiger partial charge < -0.3 is 5.32 Å². The quantitative estimate of drug-likeness (QED) is 0.680. The van der Waals surface area contributed by atoms with E-state index < -0.39 is 0 Å². The van der Waals surface area contributed by atoms with Gasteiger partial charge in [-0.15, -0.1) is 0 Å². The Hall–Kier alpha value is -2.47. The Morgan fingerprint density at radius 3 is 2.76 bits per heavy atom. The highest BCUT2D eigenvalue weighted by Gasteiger charge is 2.32. The second kappa shape index (κ2) is 5.14. The Kier molecular flexibility index (Phi) is 3.31. The summed E-state index contributed by atoms with van der Waals surface area (Å²) in [4.78, 5) is 14.1. The molecule has 21 heavy (non-hydrogen) atoms. The van der Waals surface area contributed by atoms with Gasteiger partial charge in [-0.3, -0.25) is 14.4 Å². The van der Waals surface area contributed by atoms with Gasteiger partial charge in [0.25, 0.3) is 5.91 Å². The van der Waals surface area contributed by atoms with E-state index in [1.54, 1.807) is 17.0 Å². The highest BCUT2D eigenvalue weighted by atomic mass is 32.1. The molecule has 0 spiro atoms. The summed E-state index contributed by atoms with van der Waals surface area (Å²) in [7, 11) is 1.83. The summed E-state index contributed by atoms with van der Waals surface area (Å²) < 4.78 is 1.68. The molecule has 1 N–H and O–H groups in total. The summed E-state index contributed by atoms with van der Waals surface area (Å²) >= 11 is 5.29. The van der Waals surface area contributed by atoms with Gasteiger partial charge in [-0.2, -0.15) is 5.10 Å². The van der Waals surface area contributed by atoms with E-state index in [-0.39, 0.29) is 5.91 Å². The lowest BCUT2D eigenvalue weighted by atomic mass is 10.2.